The van der Waals surface area contributed by atoms with Crippen molar-refractivity contribution in [1.29, 1.82) is 0 Å². The molecule has 1 heterocycles. The Morgan fingerprint density at radius 3 is 2.75 bits per heavy atom. The summed E-state index contributed by atoms with van der Waals surface area (Å²) in [4.78, 5) is 26.2. The summed E-state index contributed by atoms with van der Waals surface area (Å²) in [6.45, 7) is 4.26. The van der Waals surface area contributed by atoms with Crippen LogP contribution < -0.4 is 16.4 Å². The normalized spacial score (nSPS) is 11.7. The number of carbonyl (C=O) groups excluding carboxylic acids is 1. The monoisotopic (exact) mass is 280 g/mol. The predicted octanol–water partition coefficient (Wildman–Crippen LogP) is 1.08. The number of carboxylic acid groups (broad SMARTS) is 1. The Morgan fingerprint density at radius 2 is 2.15 bits per heavy atom. The molecule has 0 radical (unpaired) electrons. The van der Waals surface area contributed by atoms with Crippen LogP contribution in [0.15, 0.2) is 12.1 Å². The van der Waals surface area contributed by atoms with E-state index in [4.69, 9.17) is 10.8 Å². The van der Waals surface area contributed by atoms with E-state index >= 15 is 0 Å². The highest BCUT2D eigenvalue weighted by atomic mass is 16.4. The summed E-state index contributed by atoms with van der Waals surface area (Å²) in [5.41, 5.74) is 5.94. The molecule has 110 valence electrons. The average molecular weight is 280 g/mol. The molecule has 7 heteroatoms. The van der Waals surface area contributed by atoms with Crippen LogP contribution in [0.4, 0.5) is 11.5 Å². The first-order valence-electron chi connectivity index (χ1n) is 6.47. The van der Waals surface area contributed by atoms with E-state index in [0.29, 0.717) is 12.2 Å². The Bertz CT molecular complexity index is 491. The molecule has 1 amide bonds. The quantitative estimate of drug-likeness (QED) is 0.593. The van der Waals surface area contributed by atoms with Gasteiger partial charge in [0.1, 0.15) is 5.82 Å². The molecule has 0 aliphatic carbocycles. The summed E-state index contributed by atoms with van der Waals surface area (Å²) >= 11 is 0. The molecule has 0 bridgehead atoms. The number of anilines is 2. The first kappa shape index (κ1) is 15.7. The first-order chi connectivity index (χ1) is 9.43. The fraction of sp³-hybridized carbons (Fsp3) is 0.462. The van der Waals surface area contributed by atoms with E-state index in [2.05, 4.69) is 15.6 Å². The summed E-state index contributed by atoms with van der Waals surface area (Å²) in [6.07, 6.45) is 1.14. The molecule has 1 unspecified atom stereocenters. The predicted molar refractivity (Wildman–Crippen MR) is 76.6 cm³/mol. The second kappa shape index (κ2) is 7.32. The minimum absolute atomic E-state index is 0.0696. The lowest BCUT2D eigenvalue weighted by molar-refractivity contribution is -0.121. The van der Waals surface area contributed by atoms with Gasteiger partial charge in [-0.3, -0.25) is 4.79 Å². The molecule has 0 aliphatic heterocycles. The number of rotatable bonds is 7. The highest BCUT2D eigenvalue weighted by Crippen LogP contribution is 2.15. The van der Waals surface area contributed by atoms with Gasteiger partial charge in [0, 0.05) is 19.0 Å². The van der Waals surface area contributed by atoms with Crippen molar-refractivity contribution < 1.29 is 14.7 Å². The minimum Gasteiger partial charge on any atom is -0.477 e. The van der Waals surface area contributed by atoms with Crippen molar-refractivity contribution in [2.45, 2.75) is 32.7 Å². The summed E-state index contributed by atoms with van der Waals surface area (Å²) in [5, 5.41) is 14.6. The van der Waals surface area contributed by atoms with Crippen LogP contribution in [0.25, 0.3) is 0 Å². The van der Waals surface area contributed by atoms with E-state index in [1.807, 2.05) is 13.8 Å². The van der Waals surface area contributed by atoms with Crippen LogP contribution in [0.3, 0.4) is 0 Å². The SMILES string of the molecule is CCC(C)NC(=O)CCNc1nc(C(=O)O)ccc1N. The number of nitrogens with two attached hydrogens (primary N) is 1. The zero-order valence-electron chi connectivity index (χ0n) is 11.6. The molecule has 0 aliphatic rings. The summed E-state index contributed by atoms with van der Waals surface area (Å²) < 4.78 is 0. The number of nitrogen functional groups attached to an aromatic ring is 1. The molecule has 1 atom stereocenters. The Morgan fingerprint density at radius 1 is 1.45 bits per heavy atom. The third-order valence-electron chi connectivity index (χ3n) is 2.81. The van der Waals surface area contributed by atoms with E-state index in [9.17, 15) is 9.59 Å². The Balaban J connectivity index is 2.51. The van der Waals surface area contributed by atoms with Gasteiger partial charge >= 0.3 is 5.97 Å². The molecule has 1 aromatic rings. The van der Waals surface area contributed by atoms with Crippen LogP contribution in [0, 0.1) is 0 Å². The number of pyridine rings is 1. The molecule has 5 N–H and O–H groups in total. The van der Waals surface area contributed by atoms with Gasteiger partial charge in [-0.05, 0) is 25.5 Å². The maximum Gasteiger partial charge on any atom is 0.354 e. The van der Waals surface area contributed by atoms with Crippen molar-refractivity contribution in [3.63, 3.8) is 0 Å². The number of nitrogens with one attached hydrogen (secondary N) is 2. The fourth-order valence-electron chi connectivity index (χ4n) is 1.47. The standard InChI is InChI=1S/C13H20N4O3/c1-3-8(2)16-11(18)6-7-15-12-9(14)4-5-10(17-12)13(19)20/h4-5,8H,3,6-7,14H2,1-2H3,(H,15,17)(H,16,18)(H,19,20). The van der Waals surface area contributed by atoms with Crippen LogP contribution in [0.5, 0.6) is 0 Å². The van der Waals surface area contributed by atoms with E-state index in [1.54, 1.807) is 0 Å². The largest absolute Gasteiger partial charge is 0.477 e. The third-order valence-corrected chi connectivity index (χ3v) is 2.81. The van der Waals surface area contributed by atoms with Gasteiger partial charge in [-0.2, -0.15) is 0 Å². The van der Waals surface area contributed by atoms with Gasteiger partial charge < -0.3 is 21.5 Å². The Kier molecular flexibility index (Phi) is 5.76. The second-order valence-corrected chi connectivity index (χ2v) is 4.49. The number of hydrogen-bond acceptors (Lipinski definition) is 5. The Hall–Kier alpha value is -2.31. The molecule has 0 aromatic carbocycles. The number of amides is 1. The van der Waals surface area contributed by atoms with Crippen molar-refractivity contribution in [3.05, 3.63) is 17.8 Å². The topological polar surface area (TPSA) is 117 Å². The van der Waals surface area contributed by atoms with Crippen LogP contribution in [-0.4, -0.2) is 34.6 Å². The van der Waals surface area contributed by atoms with Gasteiger partial charge in [0.05, 0.1) is 5.69 Å². The molecule has 0 saturated heterocycles. The second-order valence-electron chi connectivity index (χ2n) is 4.49. The highest BCUT2D eigenvalue weighted by Gasteiger charge is 2.09. The summed E-state index contributed by atoms with van der Waals surface area (Å²) in [6, 6.07) is 2.94. The van der Waals surface area contributed by atoms with E-state index in [1.165, 1.54) is 12.1 Å². The van der Waals surface area contributed by atoms with E-state index in [0.717, 1.165) is 6.42 Å². The molecule has 0 spiro atoms. The summed E-state index contributed by atoms with van der Waals surface area (Å²) in [5.74, 6) is -0.913. The van der Waals surface area contributed by atoms with Crippen molar-refractivity contribution in [2.75, 3.05) is 17.6 Å². The molecule has 1 rings (SSSR count). The smallest absolute Gasteiger partial charge is 0.354 e. The number of carboxylic acids is 1. The van der Waals surface area contributed by atoms with Gasteiger partial charge in [0.15, 0.2) is 5.69 Å². The van der Waals surface area contributed by atoms with Gasteiger partial charge in [-0.25, -0.2) is 9.78 Å². The van der Waals surface area contributed by atoms with Crippen LogP contribution in [-0.2, 0) is 4.79 Å². The number of aromatic nitrogens is 1. The van der Waals surface area contributed by atoms with Gasteiger partial charge in [-0.15, -0.1) is 0 Å². The zero-order valence-corrected chi connectivity index (χ0v) is 11.6. The maximum absolute atomic E-state index is 11.6. The van der Waals surface area contributed by atoms with Crippen LogP contribution >= 0.6 is 0 Å². The van der Waals surface area contributed by atoms with Crippen molar-refractivity contribution in [2.24, 2.45) is 0 Å². The van der Waals surface area contributed by atoms with E-state index < -0.39 is 5.97 Å². The number of carbonyl (C=O) groups is 2. The maximum atomic E-state index is 11.6. The lowest BCUT2D eigenvalue weighted by Crippen LogP contribution is -2.33. The van der Waals surface area contributed by atoms with Gasteiger partial charge in [0.2, 0.25) is 5.91 Å². The van der Waals surface area contributed by atoms with Crippen LogP contribution in [0.2, 0.25) is 0 Å². The first-order valence-corrected chi connectivity index (χ1v) is 6.47. The van der Waals surface area contributed by atoms with Crippen molar-refractivity contribution in [1.82, 2.24) is 10.3 Å². The lowest BCUT2D eigenvalue weighted by Gasteiger charge is -2.12. The van der Waals surface area contributed by atoms with Gasteiger partial charge in [-0.1, -0.05) is 6.92 Å². The minimum atomic E-state index is -1.12. The fourth-order valence-corrected chi connectivity index (χ4v) is 1.47. The highest BCUT2D eigenvalue weighted by molar-refractivity contribution is 5.86. The number of nitrogens with zero attached hydrogens (tertiary/aromatic N) is 1. The zero-order chi connectivity index (χ0) is 15.1. The van der Waals surface area contributed by atoms with Crippen molar-refractivity contribution in [3.8, 4) is 0 Å². The molecule has 20 heavy (non-hydrogen) atoms. The molecular formula is C13H20N4O3. The third kappa shape index (κ3) is 4.75. The average Bonchev–Trinajstić information content (AvgIpc) is 2.40. The number of aromatic carboxylic acids is 1. The van der Waals surface area contributed by atoms with Gasteiger partial charge in [0.25, 0.3) is 0 Å². The number of hydrogen-bond donors (Lipinski definition) is 4. The lowest BCUT2D eigenvalue weighted by atomic mass is 10.2. The Labute approximate surface area is 117 Å². The molecule has 1 aromatic heterocycles. The molecule has 0 fully saturated rings. The molecule has 7 nitrogen and oxygen atoms in total. The van der Waals surface area contributed by atoms with Crippen molar-refractivity contribution >= 4 is 23.4 Å². The summed E-state index contributed by atoms with van der Waals surface area (Å²) in [7, 11) is 0. The van der Waals surface area contributed by atoms with Crippen LogP contribution in [0.1, 0.15) is 37.2 Å². The molecule has 0 saturated carbocycles. The molecular weight excluding hydrogens is 260 g/mol. The van der Waals surface area contributed by atoms with E-state index in [-0.39, 0.29) is 29.9 Å².